The largest absolute Gasteiger partial charge is 0.465 e. The van der Waals surface area contributed by atoms with Crippen molar-refractivity contribution in [1.29, 1.82) is 0 Å². The lowest BCUT2D eigenvalue weighted by molar-refractivity contribution is -0.387. The molecule has 0 bridgehead atoms. The Morgan fingerprint density at radius 2 is 2.24 bits per heavy atom. The van der Waals surface area contributed by atoms with Crippen LogP contribution in [0.3, 0.4) is 0 Å². The third kappa shape index (κ3) is 2.65. The summed E-state index contributed by atoms with van der Waals surface area (Å²) >= 11 is 1.59. The Labute approximate surface area is 107 Å². The molecular formula is C8H5F2IN2O4. The number of rotatable bonds is 3. The highest BCUT2D eigenvalue weighted by atomic mass is 127. The van der Waals surface area contributed by atoms with Gasteiger partial charge in [-0.15, -0.1) is 0 Å². The van der Waals surface area contributed by atoms with Crippen molar-refractivity contribution in [2.75, 3.05) is 7.11 Å². The maximum atomic E-state index is 12.5. The summed E-state index contributed by atoms with van der Waals surface area (Å²) in [6.07, 6.45) is -2.18. The summed E-state index contributed by atoms with van der Waals surface area (Å²) in [5, 5.41) is 10.7. The van der Waals surface area contributed by atoms with Gasteiger partial charge in [0.2, 0.25) is 0 Å². The number of nitrogens with zero attached hydrogens (tertiary/aromatic N) is 2. The Morgan fingerprint density at radius 3 is 2.65 bits per heavy atom. The predicted octanol–water partition coefficient (Wildman–Crippen LogP) is 2.32. The van der Waals surface area contributed by atoms with Crippen molar-refractivity contribution in [3.05, 3.63) is 31.1 Å². The minimum atomic E-state index is -3.14. The number of halogens is 3. The number of carbonyl (C=O) groups excluding carboxylic acids is 1. The number of hydrogen-bond acceptors (Lipinski definition) is 5. The van der Waals surface area contributed by atoms with E-state index in [0.29, 0.717) is 0 Å². The Morgan fingerprint density at radius 1 is 1.65 bits per heavy atom. The standard InChI is InChI=1S/C8H5F2IN2O4/c1-17-8(14)4-3(11)2-12-5(7(9)10)6(4)13(15)16/h2,7H,1H3. The van der Waals surface area contributed by atoms with Gasteiger partial charge in [0.1, 0.15) is 0 Å². The highest BCUT2D eigenvalue weighted by Crippen LogP contribution is 2.32. The fourth-order valence-corrected chi connectivity index (χ4v) is 1.75. The predicted molar refractivity (Wildman–Crippen MR) is 59.9 cm³/mol. The zero-order valence-electron chi connectivity index (χ0n) is 8.32. The molecule has 0 unspecified atom stereocenters. The average molecular weight is 358 g/mol. The number of nitro groups is 1. The Kier molecular flexibility index (Phi) is 4.26. The molecule has 0 N–H and O–H groups in total. The summed E-state index contributed by atoms with van der Waals surface area (Å²) in [7, 11) is 1.00. The molecule has 1 aromatic heterocycles. The van der Waals surface area contributed by atoms with Gasteiger partial charge in [0, 0.05) is 6.20 Å². The third-order valence-corrected chi connectivity index (χ3v) is 2.63. The van der Waals surface area contributed by atoms with E-state index in [1.807, 2.05) is 0 Å². The van der Waals surface area contributed by atoms with E-state index in [0.717, 1.165) is 13.3 Å². The van der Waals surface area contributed by atoms with Crippen LogP contribution < -0.4 is 0 Å². The van der Waals surface area contributed by atoms with Crippen molar-refractivity contribution in [2.45, 2.75) is 6.43 Å². The van der Waals surface area contributed by atoms with Gasteiger partial charge in [0.05, 0.1) is 15.6 Å². The van der Waals surface area contributed by atoms with E-state index in [1.54, 1.807) is 22.6 Å². The lowest BCUT2D eigenvalue weighted by Gasteiger charge is -2.06. The fourth-order valence-electron chi connectivity index (χ4n) is 1.13. The number of aromatic nitrogens is 1. The summed E-state index contributed by atoms with van der Waals surface area (Å²) in [6, 6.07) is 0. The van der Waals surface area contributed by atoms with Crippen LogP contribution in [0.5, 0.6) is 0 Å². The first-order valence-corrected chi connectivity index (χ1v) is 5.17. The number of esters is 1. The zero-order chi connectivity index (χ0) is 13.2. The Hall–Kier alpha value is -1.39. The molecule has 0 saturated heterocycles. The van der Waals surface area contributed by atoms with E-state index in [1.165, 1.54) is 0 Å². The number of ether oxygens (including phenoxy) is 1. The van der Waals surface area contributed by atoms with Crippen LogP contribution >= 0.6 is 22.6 Å². The molecule has 0 fully saturated rings. The fraction of sp³-hybridized carbons (Fsp3) is 0.250. The monoisotopic (exact) mass is 358 g/mol. The van der Waals surface area contributed by atoms with Gasteiger partial charge in [0.15, 0.2) is 11.3 Å². The highest BCUT2D eigenvalue weighted by Gasteiger charge is 2.33. The van der Waals surface area contributed by atoms with Crippen molar-refractivity contribution in [2.24, 2.45) is 0 Å². The van der Waals surface area contributed by atoms with E-state index in [2.05, 4.69) is 9.72 Å². The van der Waals surface area contributed by atoms with Crippen LogP contribution in [-0.2, 0) is 4.74 Å². The topological polar surface area (TPSA) is 82.3 Å². The Balaban J connectivity index is 3.60. The molecule has 0 amide bonds. The molecule has 0 aliphatic carbocycles. The molecule has 9 heteroatoms. The van der Waals surface area contributed by atoms with Gasteiger partial charge in [0.25, 0.3) is 6.43 Å². The van der Waals surface area contributed by atoms with Gasteiger partial charge in [-0.05, 0) is 22.6 Å². The molecule has 0 aliphatic rings. The van der Waals surface area contributed by atoms with Gasteiger partial charge in [-0.2, -0.15) is 0 Å². The summed E-state index contributed by atoms with van der Waals surface area (Å²) in [4.78, 5) is 24.3. The van der Waals surface area contributed by atoms with Gasteiger partial charge in [-0.1, -0.05) is 0 Å². The molecule has 0 saturated carbocycles. The number of hydrogen-bond donors (Lipinski definition) is 0. The smallest absolute Gasteiger partial charge is 0.346 e. The van der Waals surface area contributed by atoms with Crippen molar-refractivity contribution >= 4 is 34.2 Å². The van der Waals surface area contributed by atoms with Gasteiger partial charge >= 0.3 is 11.7 Å². The molecule has 0 aliphatic heterocycles. The number of alkyl halides is 2. The second kappa shape index (κ2) is 5.29. The summed E-state index contributed by atoms with van der Waals surface area (Å²) in [5.74, 6) is -1.05. The summed E-state index contributed by atoms with van der Waals surface area (Å²) in [6.45, 7) is 0. The van der Waals surface area contributed by atoms with E-state index >= 15 is 0 Å². The summed E-state index contributed by atoms with van der Waals surface area (Å²) < 4.78 is 29.5. The number of methoxy groups -OCH3 is 1. The SMILES string of the molecule is COC(=O)c1c(I)cnc(C(F)F)c1[N+](=O)[O-]. The average Bonchev–Trinajstić information content (AvgIpc) is 2.26. The van der Waals surface area contributed by atoms with Crippen molar-refractivity contribution in [3.63, 3.8) is 0 Å². The van der Waals surface area contributed by atoms with E-state index in [-0.39, 0.29) is 3.57 Å². The molecule has 0 spiro atoms. The number of pyridine rings is 1. The lowest BCUT2D eigenvalue weighted by atomic mass is 10.2. The molecule has 17 heavy (non-hydrogen) atoms. The summed E-state index contributed by atoms with van der Waals surface area (Å²) in [5.41, 5.74) is -2.57. The number of carbonyl (C=O) groups is 1. The molecule has 1 heterocycles. The van der Waals surface area contributed by atoms with Crippen LogP contribution in [0.15, 0.2) is 6.20 Å². The molecule has 0 aromatic carbocycles. The highest BCUT2D eigenvalue weighted by molar-refractivity contribution is 14.1. The van der Waals surface area contributed by atoms with Crippen LogP contribution in [0.1, 0.15) is 22.5 Å². The Bertz CT molecular complexity index is 481. The van der Waals surface area contributed by atoms with Crippen molar-refractivity contribution in [1.82, 2.24) is 4.98 Å². The second-order valence-corrected chi connectivity index (χ2v) is 3.93. The minimum absolute atomic E-state index is 0.0746. The molecule has 92 valence electrons. The molecule has 1 aromatic rings. The van der Waals surface area contributed by atoms with Crippen molar-refractivity contribution < 1.29 is 23.2 Å². The molecule has 0 radical (unpaired) electrons. The molecule has 0 atom stereocenters. The van der Waals surface area contributed by atoms with E-state index < -0.39 is 34.3 Å². The van der Waals surface area contributed by atoms with Crippen LogP contribution in [0.2, 0.25) is 0 Å². The van der Waals surface area contributed by atoms with Crippen molar-refractivity contribution in [3.8, 4) is 0 Å². The molecular weight excluding hydrogens is 353 g/mol. The first kappa shape index (κ1) is 13.7. The van der Waals surface area contributed by atoms with Gasteiger partial charge in [-0.3, -0.25) is 10.1 Å². The maximum absolute atomic E-state index is 12.5. The second-order valence-electron chi connectivity index (χ2n) is 2.76. The molecule has 6 nitrogen and oxygen atoms in total. The van der Waals surface area contributed by atoms with E-state index in [9.17, 15) is 23.7 Å². The van der Waals surface area contributed by atoms with Crippen LogP contribution in [0.25, 0.3) is 0 Å². The van der Waals surface area contributed by atoms with Crippen LogP contribution in [0, 0.1) is 13.7 Å². The first-order valence-electron chi connectivity index (χ1n) is 4.09. The van der Waals surface area contributed by atoms with E-state index in [4.69, 9.17) is 0 Å². The maximum Gasteiger partial charge on any atom is 0.346 e. The van der Waals surface area contributed by atoms with Gasteiger partial charge in [-0.25, -0.2) is 18.6 Å². The van der Waals surface area contributed by atoms with Crippen LogP contribution in [0.4, 0.5) is 14.5 Å². The first-order chi connectivity index (χ1) is 7.90. The lowest BCUT2D eigenvalue weighted by Crippen LogP contribution is -2.12. The third-order valence-electron chi connectivity index (χ3n) is 1.81. The van der Waals surface area contributed by atoms with Gasteiger partial charge < -0.3 is 4.74 Å². The van der Waals surface area contributed by atoms with Crippen LogP contribution in [-0.4, -0.2) is 23.0 Å². The zero-order valence-corrected chi connectivity index (χ0v) is 10.5. The minimum Gasteiger partial charge on any atom is -0.465 e. The molecule has 1 rings (SSSR count). The quantitative estimate of drug-likeness (QED) is 0.359. The normalized spacial score (nSPS) is 10.4.